The van der Waals surface area contributed by atoms with E-state index < -0.39 is 0 Å². The Morgan fingerprint density at radius 1 is 0.577 bits per heavy atom. The maximum Gasteiger partial charge on any atom is 0.0642 e. The van der Waals surface area contributed by atoms with E-state index >= 15 is 0 Å². The zero-order valence-corrected chi connectivity index (χ0v) is 15.0. The lowest BCUT2D eigenvalue weighted by molar-refractivity contribution is 0.123. The van der Waals surface area contributed by atoms with Crippen molar-refractivity contribution in [1.82, 2.24) is 0 Å². The standard InChI is InChI=1S/C22H24N2O2/c1-3-17-15-18-4-2-6-22(24-9-13-26-14-10-24)20(18)16-19(17)21(5-1)23-7-11-25-12-8-23/h1-6,15-16H,7-14H2. The van der Waals surface area contributed by atoms with Gasteiger partial charge in [-0.1, -0.05) is 24.3 Å². The molecule has 0 spiro atoms. The van der Waals surface area contributed by atoms with Crippen LogP contribution in [0.5, 0.6) is 0 Å². The smallest absolute Gasteiger partial charge is 0.0642 e. The SMILES string of the molecule is c1cc(N2CCOCC2)c2cc3c(N4CCOCC4)cccc3cc2c1. The summed E-state index contributed by atoms with van der Waals surface area (Å²) in [6, 6.07) is 18.0. The van der Waals surface area contributed by atoms with Crippen molar-refractivity contribution in [3.8, 4) is 0 Å². The molecule has 26 heavy (non-hydrogen) atoms. The molecule has 0 N–H and O–H groups in total. The lowest BCUT2D eigenvalue weighted by atomic mass is 10.00. The maximum atomic E-state index is 5.54. The molecular weight excluding hydrogens is 324 g/mol. The third kappa shape index (κ3) is 2.79. The summed E-state index contributed by atoms with van der Waals surface area (Å²) in [5.74, 6) is 0. The maximum absolute atomic E-state index is 5.54. The molecule has 0 aliphatic carbocycles. The van der Waals surface area contributed by atoms with Gasteiger partial charge in [-0.25, -0.2) is 0 Å². The molecule has 0 saturated carbocycles. The molecule has 0 unspecified atom stereocenters. The second kappa shape index (κ2) is 6.78. The van der Waals surface area contributed by atoms with Crippen LogP contribution in [0, 0.1) is 0 Å². The summed E-state index contributed by atoms with van der Waals surface area (Å²) >= 11 is 0. The Balaban J connectivity index is 1.67. The molecule has 134 valence electrons. The van der Waals surface area contributed by atoms with Gasteiger partial charge in [0, 0.05) is 48.3 Å². The lowest BCUT2D eigenvalue weighted by Gasteiger charge is -2.31. The number of hydrogen-bond acceptors (Lipinski definition) is 4. The highest BCUT2D eigenvalue weighted by molar-refractivity contribution is 6.07. The van der Waals surface area contributed by atoms with Crippen LogP contribution >= 0.6 is 0 Å². The molecular formula is C22H24N2O2. The quantitative estimate of drug-likeness (QED) is 0.660. The zero-order valence-electron chi connectivity index (χ0n) is 15.0. The summed E-state index contributed by atoms with van der Waals surface area (Å²) in [5, 5.41) is 5.28. The van der Waals surface area contributed by atoms with Crippen LogP contribution in [0.15, 0.2) is 48.5 Å². The summed E-state index contributed by atoms with van der Waals surface area (Å²) < 4.78 is 11.1. The van der Waals surface area contributed by atoms with Crippen molar-refractivity contribution in [2.24, 2.45) is 0 Å². The van der Waals surface area contributed by atoms with Crippen molar-refractivity contribution in [2.45, 2.75) is 0 Å². The predicted octanol–water partition coefficient (Wildman–Crippen LogP) is 3.67. The Morgan fingerprint density at radius 3 is 1.50 bits per heavy atom. The van der Waals surface area contributed by atoms with Gasteiger partial charge >= 0.3 is 0 Å². The van der Waals surface area contributed by atoms with Crippen molar-refractivity contribution < 1.29 is 9.47 Å². The number of fused-ring (bicyclic) bond motifs is 2. The Kier molecular flexibility index (Phi) is 4.15. The van der Waals surface area contributed by atoms with E-state index in [-0.39, 0.29) is 0 Å². The molecule has 2 heterocycles. The van der Waals surface area contributed by atoms with Crippen LogP contribution in [0.4, 0.5) is 11.4 Å². The van der Waals surface area contributed by atoms with E-state index in [9.17, 15) is 0 Å². The molecule has 4 heteroatoms. The van der Waals surface area contributed by atoms with E-state index in [1.807, 2.05) is 0 Å². The number of benzene rings is 3. The lowest BCUT2D eigenvalue weighted by Crippen LogP contribution is -2.36. The number of morpholine rings is 2. The van der Waals surface area contributed by atoms with Crippen molar-refractivity contribution in [1.29, 1.82) is 0 Å². The first-order valence-corrected chi connectivity index (χ1v) is 9.51. The van der Waals surface area contributed by atoms with Gasteiger partial charge in [-0.05, 0) is 35.0 Å². The minimum Gasteiger partial charge on any atom is -0.378 e. The van der Waals surface area contributed by atoms with Crippen molar-refractivity contribution >= 4 is 32.9 Å². The second-order valence-electron chi connectivity index (χ2n) is 7.05. The number of ether oxygens (including phenoxy) is 2. The van der Waals surface area contributed by atoms with Gasteiger partial charge in [0.2, 0.25) is 0 Å². The average Bonchev–Trinajstić information content (AvgIpc) is 2.72. The van der Waals surface area contributed by atoms with E-state index in [4.69, 9.17) is 9.47 Å². The molecule has 0 atom stereocenters. The number of hydrogen-bond donors (Lipinski definition) is 0. The van der Waals surface area contributed by atoms with E-state index in [1.165, 1.54) is 32.9 Å². The Bertz CT molecular complexity index is 855. The summed E-state index contributed by atoms with van der Waals surface area (Å²) in [5.41, 5.74) is 2.65. The first kappa shape index (κ1) is 15.9. The van der Waals surface area contributed by atoms with Gasteiger partial charge in [-0.3, -0.25) is 0 Å². The molecule has 0 bridgehead atoms. The fourth-order valence-electron chi connectivity index (χ4n) is 4.18. The summed E-state index contributed by atoms with van der Waals surface area (Å²) in [6.07, 6.45) is 0. The van der Waals surface area contributed by atoms with Crippen LogP contribution in [0.3, 0.4) is 0 Å². The fourth-order valence-corrected chi connectivity index (χ4v) is 4.18. The Morgan fingerprint density at radius 2 is 1.04 bits per heavy atom. The van der Waals surface area contributed by atoms with Gasteiger partial charge in [0.1, 0.15) is 0 Å². The van der Waals surface area contributed by atoms with Crippen LogP contribution in [0.25, 0.3) is 21.5 Å². The third-order valence-corrected chi connectivity index (χ3v) is 5.54. The second-order valence-corrected chi connectivity index (χ2v) is 7.05. The molecule has 5 rings (SSSR count). The van der Waals surface area contributed by atoms with E-state index in [1.54, 1.807) is 0 Å². The van der Waals surface area contributed by atoms with E-state index in [0.717, 1.165) is 52.6 Å². The number of anilines is 2. The minimum atomic E-state index is 0.809. The van der Waals surface area contributed by atoms with Crippen LogP contribution in [0.2, 0.25) is 0 Å². The van der Waals surface area contributed by atoms with Crippen molar-refractivity contribution in [3.63, 3.8) is 0 Å². The number of nitrogens with zero attached hydrogens (tertiary/aromatic N) is 2. The largest absolute Gasteiger partial charge is 0.378 e. The molecule has 2 fully saturated rings. The van der Waals surface area contributed by atoms with Crippen LogP contribution in [0.1, 0.15) is 0 Å². The topological polar surface area (TPSA) is 24.9 Å². The van der Waals surface area contributed by atoms with Gasteiger partial charge in [-0.15, -0.1) is 0 Å². The molecule has 2 aliphatic heterocycles. The normalized spacial score (nSPS) is 18.6. The van der Waals surface area contributed by atoms with Gasteiger partial charge in [0.25, 0.3) is 0 Å². The minimum absolute atomic E-state index is 0.809. The van der Waals surface area contributed by atoms with Gasteiger partial charge in [-0.2, -0.15) is 0 Å². The molecule has 2 aliphatic rings. The summed E-state index contributed by atoms with van der Waals surface area (Å²) in [7, 11) is 0. The van der Waals surface area contributed by atoms with E-state index in [0.29, 0.717) is 0 Å². The molecule has 3 aromatic rings. The Labute approximate surface area is 153 Å². The van der Waals surface area contributed by atoms with E-state index in [2.05, 4.69) is 58.3 Å². The third-order valence-electron chi connectivity index (χ3n) is 5.54. The highest BCUT2D eigenvalue weighted by atomic mass is 16.5. The van der Waals surface area contributed by atoms with Gasteiger partial charge in [0.05, 0.1) is 26.4 Å². The monoisotopic (exact) mass is 348 g/mol. The van der Waals surface area contributed by atoms with Gasteiger partial charge in [0.15, 0.2) is 0 Å². The molecule has 0 amide bonds. The highest BCUT2D eigenvalue weighted by Gasteiger charge is 2.17. The Hall–Kier alpha value is -2.30. The zero-order chi connectivity index (χ0) is 17.3. The molecule has 0 aromatic heterocycles. The first-order chi connectivity index (χ1) is 12.9. The summed E-state index contributed by atoms with van der Waals surface area (Å²) in [6.45, 7) is 7.08. The first-order valence-electron chi connectivity index (χ1n) is 9.51. The van der Waals surface area contributed by atoms with Crippen LogP contribution < -0.4 is 9.80 Å². The van der Waals surface area contributed by atoms with Crippen LogP contribution in [-0.4, -0.2) is 52.6 Å². The van der Waals surface area contributed by atoms with Gasteiger partial charge < -0.3 is 19.3 Å². The summed E-state index contributed by atoms with van der Waals surface area (Å²) in [4.78, 5) is 4.91. The van der Waals surface area contributed by atoms with Crippen molar-refractivity contribution in [3.05, 3.63) is 48.5 Å². The van der Waals surface area contributed by atoms with Crippen molar-refractivity contribution in [2.75, 3.05) is 62.4 Å². The molecule has 0 radical (unpaired) electrons. The molecule has 2 saturated heterocycles. The number of rotatable bonds is 2. The molecule has 4 nitrogen and oxygen atoms in total. The fraction of sp³-hybridized carbons (Fsp3) is 0.364. The molecule has 3 aromatic carbocycles. The van der Waals surface area contributed by atoms with Crippen LogP contribution in [-0.2, 0) is 9.47 Å². The average molecular weight is 348 g/mol. The predicted molar refractivity (Wildman–Crippen MR) is 108 cm³/mol. The highest BCUT2D eigenvalue weighted by Crippen LogP contribution is 2.35.